The third kappa shape index (κ3) is 2.48. The predicted molar refractivity (Wildman–Crippen MR) is 100 cm³/mol. The first-order valence-corrected chi connectivity index (χ1v) is 8.48. The average Bonchev–Trinajstić information content (AvgIpc) is 3.04. The predicted octanol–water partition coefficient (Wildman–Crippen LogP) is 4.62. The number of amides is 1. The number of para-hydroxylation sites is 1. The molecule has 4 rings (SSSR count). The Labute approximate surface area is 151 Å². The van der Waals surface area contributed by atoms with E-state index in [1.165, 1.54) is 0 Å². The molecule has 1 aliphatic heterocycles. The number of aromatic nitrogens is 2. The zero-order chi connectivity index (χ0) is 17.6. The van der Waals surface area contributed by atoms with Crippen LogP contribution < -0.4 is 9.80 Å². The van der Waals surface area contributed by atoms with Gasteiger partial charge in [-0.2, -0.15) is 5.10 Å². The van der Waals surface area contributed by atoms with Crippen molar-refractivity contribution >= 4 is 40.4 Å². The number of benzene rings is 2. The summed E-state index contributed by atoms with van der Waals surface area (Å²) in [6, 6.07) is 15.1. The number of anilines is 4. The van der Waals surface area contributed by atoms with Crippen molar-refractivity contribution in [1.29, 1.82) is 0 Å². The van der Waals surface area contributed by atoms with Gasteiger partial charge in [0.2, 0.25) is 0 Å². The van der Waals surface area contributed by atoms with Crippen molar-refractivity contribution < 1.29 is 4.79 Å². The minimum atomic E-state index is -0.117. The Kier molecular flexibility index (Phi) is 3.73. The maximum absolute atomic E-state index is 13.4. The van der Waals surface area contributed by atoms with Gasteiger partial charge in [0.15, 0.2) is 5.82 Å². The molecular weight excluding hydrogens is 336 g/mol. The van der Waals surface area contributed by atoms with Crippen LogP contribution in [0.2, 0.25) is 5.02 Å². The first-order valence-electron chi connectivity index (χ1n) is 8.10. The minimum Gasteiger partial charge on any atom is -0.326 e. The summed E-state index contributed by atoms with van der Waals surface area (Å²) in [5, 5.41) is 5.15. The van der Waals surface area contributed by atoms with Gasteiger partial charge >= 0.3 is 0 Å². The lowest BCUT2D eigenvalue weighted by atomic mass is 10.2. The minimum absolute atomic E-state index is 0.117. The molecule has 0 atom stereocenters. The highest BCUT2D eigenvalue weighted by atomic mass is 35.5. The van der Waals surface area contributed by atoms with Crippen molar-refractivity contribution in [2.45, 2.75) is 13.5 Å². The van der Waals surface area contributed by atoms with Gasteiger partial charge in [0.05, 0.1) is 11.4 Å². The first-order chi connectivity index (χ1) is 12.1. The maximum Gasteiger partial charge on any atom is 0.268 e. The Morgan fingerprint density at radius 2 is 1.84 bits per heavy atom. The highest BCUT2D eigenvalue weighted by molar-refractivity contribution is 6.31. The van der Waals surface area contributed by atoms with Crippen molar-refractivity contribution in [2.24, 2.45) is 0 Å². The summed E-state index contributed by atoms with van der Waals surface area (Å²) in [6.07, 6.45) is 1.80. The molecule has 0 aliphatic carbocycles. The standard InChI is InChI=1S/C19H17ClN4O/c1-3-23-12-15-18(21-23)22(2)16-10-9-13(20)11-17(16)24(19(15)25)14-7-5-4-6-8-14/h4-12H,3H2,1-2H3. The van der Waals surface area contributed by atoms with Gasteiger partial charge in [-0.25, -0.2) is 0 Å². The van der Waals surface area contributed by atoms with Crippen LogP contribution in [0.5, 0.6) is 0 Å². The molecule has 0 fully saturated rings. The normalized spacial score (nSPS) is 13.5. The molecule has 0 bridgehead atoms. The van der Waals surface area contributed by atoms with E-state index in [4.69, 9.17) is 11.6 Å². The number of nitrogens with zero attached hydrogens (tertiary/aromatic N) is 4. The number of hydrogen-bond acceptors (Lipinski definition) is 3. The molecule has 1 amide bonds. The van der Waals surface area contributed by atoms with Crippen molar-refractivity contribution in [3.05, 3.63) is 65.3 Å². The smallest absolute Gasteiger partial charge is 0.268 e. The maximum atomic E-state index is 13.4. The Balaban J connectivity index is 2.01. The zero-order valence-corrected chi connectivity index (χ0v) is 14.7. The van der Waals surface area contributed by atoms with Gasteiger partial charge in [0, 0.05) is 30.5 Å². The van der Waals surface area contributed by atoms with Gasteiger partial charge in [-0.1, -0.05) is 29.8 Å². The second-order valence-corrected chi connectivity index (χ2v) is 6.33. The second kappa shape index (κ2) is 5.93. The van der Waals surface area contributed by atoms with E-state index in [1.54, 1.807) is 15.8 Å². The molecule has 126 valence electrons. The number of carbonyl (C=O) groups is 1. The Bertz CT molecular complexity index is 951. The molecule has 3 aromatic rings. The molecule has 2 heterocycles. The molecule has 0 saturated carbocycles. The fourth-order valence-corrected chi connectivity index (χ4v) is 3.27. The SMILES string of the molecule is CCn1cc2c(n1)N(C)c1ccc(Cl)cc1N(c1ccccc1)C2=O. The number of rotatable bonds is 2. The van der Waals surface area contributed by atoms with Crippen molar-refractivity contribution in [2.75, 3.05) is 16.8 Å². The van der Waals surface area contributed by atoms with Crippen LogP contribution in [0, 0.1) is 0 Å². The monoisotopic (exact) mass is 352 g/mol. The topological polar surface area (TPSA) is 41.4 Å². The van der Waals surface area contributed by atoms with E-state index in [0.29, 0.717) is 22.9 Å². The van der Waals surface area contributed by atoms with Crippen LogP contribution in [0.1, 0.15) is 17.3 Å². The zero-order valence-electron chi connectivity index (χ0n) is 14.0. The quantitative estimate of drug-likeness (QED) is 0.676. The molecule has 0 radical (unpaired) electrons. The summed E-state index contributed by atoms with van der Waals surface area (Å²) >= 11 is 6.23. The third-order valence-corrected chi connectivity index (χ3v) is 4.61. The van der Waals surface area contributed by atoms with Gasteiger partial charge in [-0.05, 0) is 37.3 Å². The summed E-state index contributed by atoms with van der Waals surface area (Å²) in [5.41, 5.74) is 2.98. The number of aryl methyl sites for hydroxylation is 1. The number of fused-ring (bicyclic) bond motifs is 2. The van der Waals surface area contributed by atoms with E-state index in [-0.39, 0.29) is 5.91 Å². The molecule has 0 unspecified atom stereocenters. The largest absolute Gasteiger partial charge is 0.326 e. The summed E-state index contributed by atoms with van der Waals surface area (Å²) in [7, 11) is 1.92. The van der Waals surface area contributed by atoms with E-state index in [1.807, 2.05) is 67.4 Å². The van der Waals surface area contributed by atoms with Crippen LogP contribution in [0.4, 0.5) is 22.9 Å². The van der Waals surface area contributed by atoms with Gasteiger partial charge in [0.25, 0.3) is 5.91 Å². The number of carbonyl (C=O) groups excluding carboxylic acids is 1. The van der Waals surface area contributed by atoms with Crippen LogP contribution >= 0.6 is 11.6 Å². The summed E-state index contributed by atoms with van der Waals surface area (Å²) in [4.78, 5) is 17.0. The van der Waals surface area contributed by atoms with Gasteiger partial charge in [0.1, 0.15) is 5.56 Å². The molecular formula is C19H17ClN4O. The van der Waals surface area contributed by atoms with Gasteiger partial charge < -0.3 is 4.90 Å². The summed E-state index contributed by atoms with van der Waals surface area (Å²) < 4.78 is 1.78. The van der Waals surface area contributed by atoms with E-state index in [9.17, 15) is 4.79 Å². The highest BCUT2D eigenvalue weighted by Gasteiger charge is 2.33. The first kappa shape index (κ1) is 15.7. The molecule has 6 heteroatoms. The summed E-state index contributed by atoms with van der Waals surface area (Å²) in [6.45, 7) is 2.70. The van der Waals surface area contributed by atoms with E-state index >= 15 is 0 Å². The molecule has 0 N–H and O–H groups in total. The average molecular weight is 353 g/mol. The van der Waals surface area contributed by atoms with Crippen molar-refractivity contribution in [3.63, 3.8) is 0 Å². The fraction of sp³-hybridized carbons (Fsp3) is 0.158. The van der Waals surface area contributed by atoms with Crippen LogP contribution in [-0.4, -0.2) is 22.7 Å². The van der Waals surface area contributed by atoms with E-state index < -0.39 is 0 Å². The second-order valence-electron chi connectivity index (χ2n) is 5.89. The van der Waals surface area contributed by atoms with Gasteiger partial charge in [-0.15, -0.1) is 0 Å². The van der Waals surface area contributed by atoms with Crippen LogP contribution in [0.25, 0.3) is 0 Å². The lowest BCUT2D eigenvalue weighted by Crippen LogP contribution is -2.25. The number of hydrogen-bond donors (Lipinski definition) is 0. The molecule has 0 spiro atoms. The van der Waals surface area contributed by atoms with Crippen LogP contribution in [0.3, 0.4) is 0 Å². The Morgan fingerprint density at radius 1 is 1.08 bits per heavy atom. The Hall–Kier alpha value is -2.79. The van der Waals surface area contributed by atoms with Gasteiger partial charge in [-0.3, -0.25) is 14.4 Å². The Morgan fingerprint density at radius 3 is 2.56 bits per heavy atom. The molecule has 25 heavy (non-hydrogen) atoms. The third-order valence-electron chi connectivity index (χ3n) is 4.37. The van der Waals surface area contributed by atoms with E-state index in [0.717, 1.165) is 17.1 Å². The molecule has 1 aromatic heterocycles. The van der Waals surface area contributed by atoms with Crippen molar-refractivity contribution in [1.82, 2.24) is 9.78 Å². The van der Waals surface area contributed by atoms with Crippen LogP contribution in [-0.2, 0) is 6.54 Å². The lowest BCUT2D eigenvalue weighted by Gasteiger charge is -2.25. The van der Waals surface area contributed by atoms with Crippen LogP contribution in [0.15, 0.2) is 54.7 Å². The highest BCUT2D eigenvalue weighted by Crippen LogP contribution is 2.43. The molecule has 0 saturated heterocycles. The molecule has 5 nitrogen and oxygen atoms in total. The molecule has 1 aliphatic rings. The molecule has 2 aromatic carbocycles. The summed E-state index contributed by atoms with van der Waals surface area (Å²) in [5.74, 6) is 0.530. The van der Waals surface area contributed by atoms with Crippen molar-refractivity contribution in [3.8, 4) is 0 Å². The number of halogens is 1. The fourth-order valence-electron chi connectivity index (χ4n) is 3.11. The lowest BCUT2D eigenvalue weighted by molar-refractivity contribution is 0.100. The van der Waals surface area contributed by atoms with E-state index in [2.05, 4.69) is 5.10 Å².